The molecular formula is C19H27N5O. The minimum atomic E-state index is 0.129. The number of benzene rings is 1. The molecule has 1 amide bonds. The van der Waals surface area contributed by atoms with Gasteiger partial charge >= 0.3 is 0 Å². The normalized spacial score (nSPS) is 18.3. The van der Waals surface area contributed by atoms with Gasteiger partial charge in [0.15, 0.2) is 0 Å². The van der Waals surface area contributed by atoms with Crippen molar-refractivity contribution in [1.29, 1.82) is 0 Å². The van der Waals surface area contributed by atoms with Crippen molar-refractivity contribution in [2.24, 2.45) is 7.05 Å². The van der Waals surface area contributed by atoms with Gasteiger partial charge in [-0.1, -0.05) is 24.3 Å². The standard InChI is InChI=1S/C19H27N5O/c1-15-6-4-5-7-16(15)13-23(3)18(25)14-24-11-8-20-12-17(24)19-21-9-10-22(19)2/h4-7,9-10,17,20H,8,11-14H2,1-3H3. The summed E-state index contributed by atoms with van der Waals surface area (Å²) in [6, 6.07) is 8.35. The summed E-state index contributed by atoms with van der Waals surface area (Å²) in [5.41, 5.74) is 2.41. The van der Waals surface area contributed by atoms with E-state index in [0.29, 0.717) is 13.1 Å². The van der Waals surface area contributed by atoms with Crippen molar-refractivity contribution in [2.75, 3.05) is 33.2 Å². The molecule has 6 heteroatoms. The Hall–Kier alpha value is -2.18. The van der Waals surface area contributed by atoms with E-state index in [1.807, 2.05) is 48.1 Å². The van der Waals surface area contributed by atoms with Gasteiger partial charge in [-0.25, -0.2) is 4.98 Å². The quantitative estimate of drug-likeness (QED) is 0.892. The van der Waals surface area contributed by atoms with Crippen LogP contribution < -0.4 is 5.32 Å². The molecule has 0 aliphatic carbocycles. The van der Waals surface area contributed by atoms with Crippen molar-refractivity contribution in [3.63, 3.8) is 0 Å². The Morgan fingerprint density at radius 2 is 2.20 bits per heavy atom. The van der Waals surface area contributed by atoms with Gasteiger partial charge in [-0.15, -0.1) is 0 Å². The Morgan fingerprint density at radius 1 is 1.40 bits per heavy atom. The second-order valence-corrected chi connectivity index (χ2v) is 6.76. The summed E-state index contributed by atoms with van der Waals surface area (Å²) >= 11 is 0. The number of aryl methyl sites for hydroxylation is 2. The molecule has 2 heterocycles. The average molecular weight is 341 g/mol. The van der Waals surface area contributed by atoms with E-state index in [9.17, 15) is 4.79 Å². The van der Waals surface area contributed by atoms with Gasteiger partial charge in [0.05, 0.1) is 12.6 Å². The highest BCUT2D eigenvalue weighted by Crippen LogP contribution is 2.20. The summed E-state index contributed by atoms with van der Waals surface area (Å²) in [5.74, 6) is 1.14. The Kier molecular flexibility index (Phi) is 5.50. The highest BCUT2D eigenvalue weighted by atomic mass is 16.2. The second-order valence-electron chi connectivity index (χ2n) is 6.76. The first-order valence-corrected chi connectivity index (χ1v) is 8.76. The predicted molar refractivity (Wildman–Crippen MR) is 98.0 cm³/mol. The van der Waals surface area contributed by atoms with Crippen molar-refractivity contribution in [2.45, 2.75) is 19.5 Å². The molecule has 1 saturated heterocycles. The fourth-order valence-electron chi connectivity index (χ4n) is 3.31. The van der Waals surface area contributed by atoms with E-state index in [-0.39, 0.29) is 11.9 Å². The lowest BCUT2D eigenvalue weighted by molar-refractivity contribution is -0.132. The summed E-state index contributed by atoms with van der Waals surface area (Å²) in [4.78, 5) is 21.3. The van der Waals surface area contributed by atoms with Gasteiger partial charge in [0.2, 0.25) is 5.91 Å². The molecule has 3 rings (SSSR count). The fourth-order valence-corrected chi connectivity index (χ4v) is 3.31. The highest BCUT2D eigenvalue weighted by molar-refractivity contribution is 5.78. The van der Waals surface area contributed by atoms with Gasteiger partial charge in [0, 0.05) is 52.7 Å². The van der Waals surface area contributed by atoms with Crippen LogP contribution in [-0.4, -0.2) is 58.5 Å². The molecule has 1 fully saturated rings. The van der Waals surface area contributed by atoms with Crippen LogP contribution in [0.3, 0.4) is 0 Å². The molecule has 0 radical (unpaired) electrons. The maximum Gasteiger partial charge on any atom is 0.236 e. The molecule has 1 unspecified atom stereocenters. The lowest BCUT2D eigenvalue weighted by atomic mass is 10.1. The van der Waals surface area contributed by atoms with Gasteiger partial charge in [0.1, 0.15) is 5.82 Å². The number of carbonyl (C=O) groups excluding carboxylic acids is 1. The van der Waals surface area contributed by atoms with Gasteiger partial charge in [-0.3, -0.25) is 9.69 Å². The highest BCUT2D eigenvalue weighted by Gasteiger charge is 2.29. The fraction of sp³-hybridized carbons (Fsp3) is 0.474. The van der Waals surface area contributed by atoms with Crippen LogP contribution in [0.1, 0.15) is 23.0 Å². The van der Waals surface area contributed by atoms with Crippen molar-refractivity contribution in [1.82, 2.24) is 24.7 Å². The summed E-state index contributed by atoms with van der Waals surface area (Å²) in [5, 5.41) is 3.41. The van der Waals surface area contributed by atoms with E-state index in [0.717, 1.165) is 25.5 Å². The number of hydrogen-bond acceptors (Lipinski definition) is 4. The van der Waals surface area contributed by atoms with Crippen LogP contribution in [-0.2, 0) is 18.4 Å². The number of carbonyl (C=O) groups is 1. The van der Waals surface area contributed by atoms with E-state index in [1.54, 1.807) is 0 Å². The molecule has 1 N–H and O–H groups in total. The molecule has 6 nitrogen and oxygen atoms in total. The van der Waals surface area contributed by atoms with Crippen LogP contribution in [0.5, 0.6) is 0 Å². The van der Waals surface area contributed by atoms with E-state index < -0.39 is 0 Å². The first-order valence-electron chi connectivity index (χ1n) is 8.76. The number of piperazine rings is 1. The Bertz CT molecular complexity index is 726. The minimum Gasteiger partial charge on any atom is -0.340 e. The SMILES string of the molecule is Cc1ccccc1CN(C)C(=O)CN1CCNCC1c1nccn1C. The topological polar surface area (TPSA) is 53.4 Å². The molecule has 0 spiro atoms. The van der Waals surface area contributed by atoms with Crippen LogP contribution >= 0.6 is 0 Å². The number of nitrogens with zero attached hydrogens (tertiary/aromatic N) is 4. The van der Waals surface area contributed by atoms with Crippen molar-refractivity contribution >= 4 is 5.91 Å². The van der Waals surface area contributed by atoms with E-state index in [4.69, 9.17) is 0 Å². The number of imidazole rings is 1. The molecule has 25 heavy (non-hydrogen) atoms. The molecule has 1 aromatic heterocycles. The lowest BCUT2D eigenvalue weighted by Crippen LogP contribution is -2.50. The Labute approximate surface area is 149 Å². The number of amides is 1. The zero-order valence-electron chi connectivity index (χ0n) is 15.3. The predicted octanol–water partition coefficient (Wildman–Crippen LogP) is 1.33. The van der Waals surface area contributed by atoms with Crippen molar-refractivity contribution in [3.05, 3.63) is 53.6 Å². The second kappa shape index (κ2) is 7.80. The van der Waals surface area contributed by atoms with Crippen LogP contribution in [0.15, 0.2) is 36.7 Å². The summed E-state index contributed by atoms with van der Waals surface area (Å²) in [6.45, 7) is 5.71. The van der Waals surface area contributed by atoms with Crippen molar-refractivity contribution < 1.29 is 4.79 Å². The third kappa shape index (κ3) is 4.08. The largest absolute Gasteiger partial charge is 0.340 e. The summed E-state index contributed by atoms with van der Waals surface area (Å²) < 4.78 is 2.03. The lowest BCUT2D eigenvalue weighted by Gasteiger charge is -2.36. The first kappa shape index (κ1) is 17.6. The number of rotatable bonds is 5. The monoisotopic (exact) mass is 341 g/mol. The van der Waals surface area contributed by atoms with Gasteiger partial charge in [-0.05, 0) is 18.1 Å². The molecular weight excluding hydrogens is 314 g/mol. The van der Waals surface area contributed by atoms with Crippen molar-refractivity contribution in [3.8, 4) is 0 Å². The van der Waals surface area contributed by atoms with E-state index >= 15 is 0 Å². The third-order valence-corrected chi connectivity index (χ3v) is 4.94. The Morgan fingerprint density at radius 3 is 2.92 bits per heavy atom. The average Bonchev–Trinajstić information content (AvgIpc) is 3.03. The molecule has 1 atom stereocenters. The maximum absolute atomic E-state index is 12.8. The summed E-state index contributed by atoms with van der Waals surface area (Å²) in [7, 11) is 3.88. The van der Waals surface area contributed by atoms with Crippen LogP contribution in [0.4, 0.5) is 0 Å². The zero-order valence-corrected chi connectivity index (χ0v) is 15.3. The van der Waals surface area contributed by atoms with E-state index in [1.165, 1.54) is 11.1 Å². The molecule has 1 aliphatic heterocycles. The van der Waals surface area contributed by atoms with Crippen LogP contribution in [0, 0.1) is 6.92 Å². The molecule has 1 aromatic carbocycles. The first-order chi connectivity index (χ1) is 12.1. The molecule has 134 valence electrons. The van der Waals surface area contributed by atoms with E-state index in [2.05, 4.69) is 34.3 Å². The maximum atomic E-state index is 12.8. The molecule has 0 bridgehead atoms. The van der Waals surface area contributed by atoms with Crippen LogP contribution in [0.25, 0.3) is 0 Å². The molecule has 2 aromatic rings. The summed E-state index contributed by atoms with van der Waals surface area (Å²) in [6.07, 6.45) is 3.77. The smallest absolute Gasteiger partial charge is 0.236 e. The van der Waals surface area contributed by atoms with Gasteiger partial charge in [-0.2, -0.15) is 0 Å². The zero-order chi connectivity index (χ0) is 17.8. The van der Waals surface area contributed by atoms with Gasteiger partial charge < -0.3 is 14.8 Å². The molecule has 1 aliphatic rings. The number of nitrogens with one attached hydrogen (secondary N) is 1. The molecule has 0 saturated carbocycles. The number of likely N-dealkylation sites (N-methyl/N-ethyl adjacent to an activating group) is 1. The Balaban J connectivity index is 1.66. The number of aromatic nitrogens is 2. The van der Waals surface area contributed by atoms with Gasteiger partial charge in [0.25, 0.3) is 0 Å². The number of hydrogen-bond donors (Lipinski definition) is 1. The third-order valence-electron chi connectivity index (χ3n) is 4.94. The van der Waals surface area contributed by atoms with Crippen LogP contribution in [0.2, 0.25) is 0 Å². The minimum absolute atomic E-state index is 0.129.